The van der Waals surface area contributed by atoms with E-state index in [4.69, 9.17) is 23.2 Å². The zero-order chi connectivity index (χ0) is 14.6. The van der Waals surface area contributed by atoms with E-state index >= 15 is 0 Å². The number of aromatic nitrogens is 1. The summed E-state index contributed by atoms with van der Waals surface area (Å²) in [5.41, 5.74) is 3.34. The largest absolute Gasteiger partial charge is 0.330 e. The Hall–Kier alpha value is -1.97. The van der Waals surface area contributed by atoms with Crippen molar-refractivity contribution in [1.82, 2.24) is 4.57 Å². The van der Waals surface area contributed by atoms with Crippen molar-refractivity contribution < 1.29 is 4.79 Å². The SMILES string of the molecule is O=C1Cn2c(c(Cl)c3ccccc32)-c2cc(Cl)ccc2N1. The number of hydrogen-bond acceptors (Lipinski definition) is 1. The van der Waals surface area contributed by atoms with Crippen LogP contribution in [0, 0.1) is 0 Å². The highest BCUT2D eigenvalue weighted by atomic mass is 35.5. The molecule has 0 unspecified atom stereocenters. The lowest BCUT2D eigenvalue weighted by Crippen LogP contribution is -2.16. The van der Waals surface area contributed by atoms with Gasteiger partial charge in [-0.25, -0.2) is 0 Å². The van der Waals surface area contributed by atoms with Gasteiger partial charge in [0.15, 0.2) is 0 Å². The van der Waals surface area contributed by atoms with Crippen LogP contribution in [0.15, 0.2) is 42.5 Å². The van der Waals surface area contributed by atoms with Gasteiger partial charge < -0.3 is 9.88 Å². The molecule has 0 atom stereocenters. The number of para-hydroxylation sites is 1. The molecule has 1 aromatic heterocycles. The lowest BCUT2D eigenvalue weighted by atomic mass is 10.1. The highest BCUT2D eigenvalue weighted by Gasteiger charge is 2.24. The number of rotatable bonds is 0. The van der Waals surface area contributed by atoms with Gasteiger partial charge in [-0.2, -0.15) is 0 Å². The summed E-state index contributed by atoms with van der Waals surface area (Å²) in [4.78, 5) is 12.1. The zero-order valence-corrected chi connectivity index (χ0v) is 12.4. The molecule has 0 spiro atoms. The summed E-state index contributed by atoms with van der Waals surface area (Å²) in [6.07, 6.45) is 0. The first-order valence-electron chi connectivity index (χ1n) is 6.51. The Balaban J connectivity index is 2.17. The quantitative estimate of drug-likeness (QED) is 0.647. The van der Waals surface area contributed by atoms with Crippen molar-refractivity contribution in [1.29, 1.82) is 0 Å². The van der Waals surface area contributed by atoms with Crippen LogP contribution in [0.2, 0.25) is 10.0 Å². The van der Waals surface area contributed by atoms with Gasteiger partial charge in [0.25, 0.3) is 0 Å². The molecule has 2 heterocycles. The number of carbonyl (C=O) groups is 1. The van der Waals surface area contributed by atoms with Crippen molar-refractivity contribution in [2.24, 2.45) is 0 Å². The van der Waals surface area contributed by atoms with E-state index in [1.165, 1.54) is 0 Å². The Morgan fingerprint density at radius 2 is 1.90 bits per heavy atom. The molecule has 1 N–H and O–H groups in total. The molecule has 0 saturated carbocycles. The molecule has 0 fully saturated rings. The second kappa shape index (κ2) is 4.52. The fourth-order valence-corrected chi connectivity index (χ4v) is 3.38. The molecule has 4 rings (SSSR count). The van der Waals surface area contributed by atoms with Gasteiger partial charge in [-0.3, -0.25) is 4.79 Å². The van der Waals surface area contributed by atoms with Gasteiger partial charge in [-0.05, 0) is 24.3 Å². The molecule has 1 aliphatic heterocycles. The summed E-state index contributed by atoms with van der Waals surface area (Å²) < 4.78 is 1.94. The Morgan fingerprint density at radius 3 is 2.76 bits per heavy atom. The van der Waals surface area contributed by atoms with E-state index in [-0.39, 0.29) is 12.5 Å². The van der Waals surface area contributed by atoms with Crippen molar-refractivity contribution >= 4 is 45.7 Å². The Kier molecular flexibility index (Phi) is 2.74. The summed E-state index contributed by atoms with van der Waals surface area (Å²) in [6, 6.07) is 13.2. The Labute approximate surface area is 131 Å². The van der Waals surface area contributed by atoms with Gasteiger partial charge in [0.05, 0.1) is 21.9 Å². The van der Waals surface area contributed by atoms with Gasteiger partial charge in [-0.1, -0.05) is 41.4 Å². The molecule has 0 saturated heterocycles. The minimum atomic E-state index is -0.0743. The number of carbonyl (C=O) groups excluding carboxylic acids is 1. The summed E-state index contributed by atoms with van der Waals surface area (Å²) >= 11 is 12.7. The van der Waals surface area contributed by atoms with Crippen molar-refractivity contribution in [2.75, 3.05) is 5.32 Å². The van der Waals surface area contributed by atoms with Crippen LogP contribution in [0.25, 0.3) is 22.2 Å². The highest BCUT2D eigenvalue weighted by molar-refractivity contribution is 6.39. The fourth-order valence-electron chi connectivity index (χ4n) is 2.84. The maximum absolute atomic E-state index is 12.1. The van der Waals surface area contributed by atoms with E-state index in [1.807, 2.05) is 34.9 Å². The van der Waals surface area contributed by atoms with Crippen LogP contribution in [0.1, 0.15) is 0 Å². The van der Waals surface area contributed by atoms with Crippen LogP contribution >= 0.6 is 23.2 Å². The molecule has 1 aliphatic rings. The molecule has 0 radical (unpaired) electrons. The summed E-state index contributed by atoms with van der Waals surface area (Å²) in [5, 5.41) is 5.09. The van der Waals surface area contributed by atoms with Gasteiger partial charge in [0.1, 0.15) is 6.54 Å². The second-order valence-electron chi connectivity index (χ2n) is 5.00. The van der Waals surface area contributed by atoms with Crippen molar-refractivity contribution in [3.8, 4) is 11.3 Å². The predicted molar refractivity (Wildman–Crippen MR) is 86.0 cm³/mol. The molecule has 1 amide bonds. The van der Waals surface area contributed by atoms with Gasteiger partial charge >= 0.3 is 0 Å². The standard InChI is InChI=1S/C16H10Cl2N2O/c17-9-5-6-12-11(7-9)16-15(18)10-3-1-2-4-13(10)20(16)8-14(21)19-12/h1-7H,8H2,(H,19,21). The van der Waals surface area contributed by atoms with Crippen LogP contribution in [0.5, 0.6) is 0 Å². The van der Waals surface area contributed by atoms with E-state index in [0.29, 0.717) is 10.0 Å². The average molecular weight is 317 g/mol. The third-order valence-electron chi connectivity index (χ3n) is 3.72. The lowest BCUT2D eigenvalue weighted by molar-refractivity contribution is -0.116. The molecular formula is C16H10Cl2N2O. The van der Waals surface area contributed by atoms with Crippen LogP contribution in [-0.4, -0.2) is 10.5 Å². The first-order chi connectivity index (χ1) is 10.1. The van der Waals surface area contributed by atoms with E-state index in [2.05, 4.69) is 5.32 Å². The normalized spacial score (nSPS) is 13.5. The molecule has 104 valence electrons. The minimum Gasteiger partial charge on any atom is -0.330 e. The van der Waals surface area contributed by atoms with Crippen LogP contribution in [0.4, 0.5) is 5.69 Å². The van der Waals surface area contributed by atoms with E-state index in [9.17, 15) is 4.79 Å². The predicted octanol–water partition coefficient (Wildman–Crippen LogP) is 4.57. The maximum Gasteiger partial charge on any atom is 0.244 e. The second-order valence-corrected chi connectivity index (χ2v) is 5.82. The molecule has 0 bridgehead atoms. The first kappa shape index (κ1) is 12.7. The number of halogens is 2. The van der Waals surface area contributed by atoms with E-state index in [1.54, 1.807) is 12.1 Å². The zero-order valence-electron chi connectivity index (χ0n) is 10.9. The van der Waals surface area contributed by atoms with Crippen LogP contribution in [0.3, 0.4) is 0 Å². The molecule has 3 aromatic rings. The van der Waals surface area contributed by atoms with Crippen molar-refractivity contribution in [3.05, 3.63) is 52.5 Å². The van der Waals surface area contributed by atoms with Crippen molar-refractivity contribution in [2.45, 2.75) is 6.54 Å². The molecule has 2 aromatic carbocycles. The molecular weight excluding hydrogens is 307 g/mol. The average Bonchev–Trinajstić information content (AvgIpc) is 2.65. The molecule has 3 nitrogen and oxygen atoms in total. The first-order valence-corrected chi connectivity index (χ1v) is 7.27. The van der Waals surface area contributed by atoms with Gasteiger partial charge in [-0.15, -0.1) is 0 Å². The number of nitrogens with zero attached hydrogens (tertiary/aromatic N) is 1. The summed E-state index contributed by atoms with van der Waals surface area (Å²) in [5.74, 6) is -0.0743. The lowest BCUT2D eigenvalue weighted by Gasteiger charge is -2.08. The molecule has 0 aliphatic carbocycles. The Bertz CT molecular complexity index is 899. The minimum absolute atomic E-state index is 0.0743. The van der Waals surface area contributed by atoms with Gasteiger partial charge in [0.2, 0.25) is 5.91 Å². The number of nitrogens with one attached hydrogen (secondary N) is 1. The third-order valence-corrected chi connectivity index (χ3v) is 4.34. The van der Waals surface area contributed by atoms with E-state index in [0.717, 1.165) is 27.8 Å². The number of amides is 1. The van der Waals surface area contributed by atoms with Crippen LogP contribution in [-0.2, 0) is 11.3 Å². The number of anilines is 1. The van der Waals surface area contributed by atoms with Gasteiger partial charge in [0, 0.05) is 16.0 Å². The summed E-state index contributed by atoms with van der Waals surface area (Å²) in [7, 11) is 0. The monoisotopic (exact) mass is 316 g/mol. The molecule has 5 heteroatoms. The topological polar surface area (TPSA) is 34.0 Å². The highest BCUT2D eigenvalue weighted by Crippen LogP contribution is 2.42. The van der Waals surface area contributed by atoms with Crippen LogP contribution < -0.4 is 5.32 Å². The summed E-state index contributed by atoms with van der Waals surface area (Å²) in [6.45, 7) is 0.231. The van der Waals surface area contributed by atoms with E-state index < -0.39 is 0 Å². The number of fused-ring (bicyclic) bond motifs is 5. The van der Waals surface area contributed by atoms with Crippen molar-refractivity contribution in [3.63, 3.8) is 0 Å². The molecule has 21 heavy (non-hydrogen) atoms. The number of hydrogen-bond donors (Lipinski definition) is 1. The number of benzene rings is 2. The smallest absolute Gasteiger partial charge is 0.244 e. The fraction of sp³-hybridized carbons (Fsp3) is 0.0625. The third kappa shape index (κ3) is 1.85. The Morgan fingerprint density at radius 1 is 1.10 bits per heavy atom. The maximum atomic E-state index is 12.1.